The number of aryl methyl sites for hydroxylation is 1. The van der Waals surface area contributed by atoms with Crippen LogP contribution in [-0.2, 0) is 0 Å². The summed E-state index contributed by atoms with van der Waals surface area (Å²) in [4.78, 5) is 16.9. The van der Waals surface area contributed by atoms with Crippen LogP contribution in [0.3, 0.4) is 0 Å². The Morgan fingerprint density at radius 1 is 1.18 bits per heavy atom. The minimum atomic E-state index is -0.451. The first-order valence-electron chi connectivity index (χ1n) is 6.67. The van der Waals surface area contributed by atoms with E-state index in [1.807, 2.05) is 31.2 Å². The molecule has 5 heteroatoms. The zero-order chi connectivity index (χ0) is 15.7. The van der Waals surface area contributed by atoms with Crippen LogP contribution >= 0.6 is 11.6 Å². The Bertz CT molecular complexity index is 880. The molecule has 1 heterocycles. The van der Waals surface area contributed by atoms with Gasteiger partial charge in [0.2, 0.25) is 0 Å². The number of carbonyl (C=O) groups is 1. The number of halogens is 2. The molecule has 0 aliphatic heterocycles. The number of amides is 1. The van der Waals surface area contributed by atoms with Crippen LogP contribution in [0.5, 0.6) is 0 Å². The molecule has 3 aromatic rings. The lowest BCUT2D eigenvalue weighted by molar-refractivity contribution is 0.102. The van der Waals surface area contributed by atoms with Gasteiger partial charge in [-0.15, -0.1) is 0 Å². The molecule has 0 radical (unpaired) electrons. The molecule has 1 aromatic heterocycles. The fourth-order valence-corrected chi connectivity index (χ4v) is 2.49. The minimum absolute atomic E-state index is 0.156. The Labute approximate surface area is 131 Å². The number of rotatable bonds is 2. The van der Waals surface area contributed by atoms with Gasteiger partial charge in [0.05, 0.1) is 21.8 Å². The number of hydrogen-bond donors (Lipinski definition) is 1. The second-order valence-electron chi connectivity index (χ2n) is 4.91. The van der Waals surface area contributed by atoms with E-state index in [1.54, 1.807) is 6.07 Å². The summed E-state index contributed by atoms with van der Waals surface area (Å²) in [6.07, 6.45) is 0. The average molecular weight is 315 g/mol. The van der Waals surface area contributed by atoms with E-state index >= 15 is 0 Å². The van der Waals surface area contributed by atoms with Gasteiger partial charge in [0, 0.05) is 11.1 Å². The van der Waals surface area contributed by atoms with Gasteiger partial charge in [0.1, 0.15) is 5.82 Å². The second-order valence-corrected chi connectivity index (χ2v) is 5.31. The van der Waals surface area contributed by atoms with Gasteiger partial charge in [0.25, 0.3) is 5.91 Å². The molecule has 3 rings (SSSR count). The molecule has 0 saturated heterocycles. The third-order valence-corrected chi connectivity index (χ3v) is 3.58. The molecule has 22 heavy (non-hydrogen) atoms. The van der Waals surface area contributed by atoms with E-state index in [9.17, 15) is 9.18 Å². The van der Waals surface area contributed by atoms with Crippen molar-refractivity contribution >= 4 is 34.1 Å². The quantitative estimate of drug-likeness (QED) is 0.751. The van der Waals surface area contributed by atoms with E-state index < -0.39 is 5.82 Å². The van der Waals surface area contributed by atoms with E-state index in [1.165, 1.54) is 12.1 Å². The van der Waals surface area contributed by atoms with Gasteiger partial charge in [-0.3, -0.25) is 9.78 Å². The van der Waals surface area contributed by atoms with Crippen molar-refractivity contribution < 1.29 is 9.18 Å². The number of para-hydroxylation sites is 1. The van der Waals surface area contributed by atoms with Crippen LogP contribution in [0.1, 0.15) is 16.1 Å². The standard InChI is InChI=1S/C17H12ClFN2O/c1-10-8-13(12-4-2-3-5-15(12)20-10)17(22)21-16-7-6-11(19)9-14(16)18/h2-9H,1H3,(H,21,22). The highest BCUT2D eigenvalue weighted by molar-refractivity contribution is 6.34. The summed E-state index contributed by atoms with van der Waals surface area (Å²) in [5.74, 6) is -0.761. The maximum atomic E-state index is 13.1. The summed E-state index contributed by atoms with van der Waals surface area (Å²) in [5.41, 5.74) is 2.36. The topological polar surface area (TPSA) is 42.0 Å². The van der Waals surface area contributed by atoms with Crippen LogP contribution in [0.25, 0.3) is 10.9 Å². The molecule has 0 saturated carbocycles. The molecular weight excluding hydrogens is 303 g/mol. The van der Waals surface area contributed by atoms with Crippen molar-refractivity contribution in [3.63, 3.8) is 0 Å². The van der Waals surface area contributed by atoms with Gasteiger partial charge in [-0.05, 0) is 37.3 Å². The summed E-state index contributed by atoms with van der Waals surface area (Å²) < 4.78 is 13.1. The highest BCUT2D eigenvalue weighted by atomic mass is 35.5. The first-order chi connectivity index (χ1) is 10.5. The molecule has 0 aliphatic carbocycles. The van der Waals surface area contributed by atoms with E-state index in [4.69, 9.17) is 11.6 Å². The molecule has 0 aliphatic rings. The van der Waals surface area contributed by atoms with Crippen molar-refractivity contribution in [2.45, 2.75) is 6.92 Å². The third-order valence-electron chi connectivity index (χ3n) is 3.27. The molecule has 0 atom stereocenters. The molecule has 0 fully saturated rings. The van der Waals surface area contributed by atoms with Crippen LogP contribution < -0.4 is 5.32 Å². The molecule has 0 unspecified atom stereocenters. The maximum Gasteiger partial charge on any atom is 0.256 e. The van der Waals surface area contributed by atoms with Crippen molar-refractivity contribution in [1.29, 1.82) is 0 Å². The number of aromatic nitrogens is 1. The van der Waals surface area contributed by atoms with E-state index in [0.29, 0.717) is 11.3 Å². The molecule has 110 valence electrons. The number of benzene rings is 2. The van der Waals surface area contributed by atoms with E-state index in [-0.39, 0.29) is 10.9 Å². The van der Waals surface area contributed by atoms with Gasteiger partial charge in [-0.25, -0.2) is 4.39 Å². The summed E-state index contributed by atoms with van der Waals surface area (Å²) in [7, 11) is 0. The number of pyridine rings is 1. The lowest BCUT2D eigenvalue weighted by Crippen LogP contribution is -2.13. The van der Waals surface area contributed by atoms with E-state index in [0.717, 1.165) is 22.7 Å². The molecule has 0 bridgehead atoms. The van der Waals surface area contributed by atoms with Crippen LogP contribution in [0.15, 0.2) is 48.5 Å². The van der Waals surface area contributed by atoms with Gasteiger partial charge < -0.3 is 5.32 Å². The lowest BCUT2D eigenvalue weighted by Gasteiger charge is -2.10. The van der Waals surface area contributed by atoms with Gasteiger partial charge >= 0.3 is 0 Å². The number of anilines is 1. The predicted octanol–water partition coefficient (Wildman–Crippen LogP) is 4.59. The Morgan fingerprint density at radius 3 is 2.73 bits per heavy atom. The average Bonchev–Trinajstić information content (AvgIpc) is 2.49. The molecule has 3 nitrogen and oxygen atoms in total. The smallest absolute Gasteiger partial charge is 0.256 e. The Hall–Kier alpha value is -2.46. The van der Waals surface area contributed by atoms with Crippen molar-refractivity contribution in [3.05, 3.63) is 70.6 Å². The monoisotopic (exact) mass is 314 g/mol. The third kappa shape index (κ3) is 2.78. The number of fused-ring (bicyclic) bond motifs is 1. The zero-order valence-corrected chi connectivity index (χ0v) is 12.5. The van der Waals surface area contributed by atoms with Crippen molar-refractivity contribution in [2.75, 3.05) is 5.32 Å². The highest BCUT2D eigenvalue weighted by Gasteiger charge is 2.13. The number of nitrogens with one attached hydrogen (secondary N) is 1. The fourth-order valence-electron chi connectivity index (χ4n) is 2.28. The molecule has 2 aromatic carbocycles. The molecule has 1 amide bonds. The SMILES string of the molecule is Cc1cc(C(=O)Nc2ccc(F)cc2Cl)c2ccccc2n1. The van der Waals surface area contributed by atoms with E-state index in [2.05, 4.69) is 10.3 Å². The summed E-state index contributed by atoms with van der Waals surface area (Å²) in [5, 5.41) is 3.62. The van der Waals surface area contributed by atoms with Crippen molar-refractivity contribution in [2.24, 2.45) is 0 Å². The Balaban J connectivity index is 2.02. The van der Waals surface area contributed by atoms with Crippen LogP contribution in [0.2, 0.25) is 5.02 Å². The summed E-state index contributed by atoms with van der Waals surface area (Å²) in [6.45, 7) is 1.83. The molecule has 1 N–H and O–H groups in total. The Morgan fingerprint density at radius 2 is 1.95 bits per heavy atom. The lowest BCUT2D eigenvalue weighted by atomic mass is 10.1. The van der Waals surface area contributed by atoms with Crippen molar-refractivity contribution in [1.82, 2.24) is 4.98 Å². The highest BCUT2D eigenvalue weighted by Crippen LogP contribution is 2.24. The summed E-state index contributed by atoms with van der Waals surface area (Å²) >= 11 is 5.94. The first kappa shape index (κ1) is 14.5. The van der Waals surface area contributed by atoms with Crippen molar-refractivity contribution in [3.8, 4) is 0 Å². The largest absolute Gasteiger partial charge is 0.321 e. The first-order valence-corrected chi connectivity index (χ1v) is 7.05. The number of nitrogens with zero attached hydrogens (tertiary/aromatic N) is 1. The van der Waals surface area contributed by atoms with Crippen LogP contribution in [0, 0.1) is 12.7 Å². The van der Waals surface area contributed by atoms with Gasteiger partial charge in [-0.2, -0.15) is 0 Å². The van der Waals surface area contributed by atoms with Crippen LogP contribution in [-0.4, -0.2) is 10.9 Å². The predicted molar refractivity (Wildman–Crippen MR) is 85.8 cm³/mol. The zero-order valence-electron chi connectivity index (χ0n) is 11.7. The minimum Gasteiger partial charge on any atom is -0.321 e. The second kappa shape index (κ2) is 5.73. The molecular formula is C17H12ClFN2O. The maximum absolute atomic E-state index is 13.1. The fraction of sp³-hybridized carbons (Fsp3) is 0.0588. The number of hydrogen-bond acceptors (Lipinski definition) is 2. The molecule has 0 spiro atoms. The summed E-state index contributed by atoms with van der Waals surface area (Å²) in [6, 6.07) is 13.0. The normalized spacial score (nSPS) is 10.7. The van der Waals surface area contributed by atoms with Crippen LogP contribution in [0.4, 0.5) is 10.1 Å². The van der Waals surface area contributed by atoms with Gasteiger partial charge in [-0.1, -0.05) is 29.8 Å². The number of carbonyl (C=O) groups excluding carboxylic acids is 1. The Kier molecular flexibility index (Phi) is 3.77. The van der Waals surface area contributed by atoms with Gasteiger partial charge in [0.15, 0.2) is 0 Å².